The van der Waals surface area contributed by atoms with Gasteiger partial charge >= 0.3 is 0 Å². The highest BCUT2D eigenvalue weighted by molar-refractivity contribution is 8.03. The van der Waals surface area contributed by atoms with Crippen LogP contribution in [0.5, 0.6) is 0 Å². The van der Waals surface area contributed by atoms with Gasteiger partial charge in [0.05, 0.1) is 6.04 Å². The van der Waals surface area contributed by atoms with E-state index in [0.29, 0.717) is 0 Å². The predicted octanol–water partition coefficient (Wildman–Crippen LogP) is 0.0524. The van der Waals surface area contributed by atoms with Gasteiger partial charge in [0, 0.05) is 11.2 Å². The third-order valence-electron chi connectivity index (χ3n) is 0.957. The zero-order chi connectivity index (χ0) is 8.85. The molecular formula is C6H11NO2S2. The summed E-state index contributed by atoms with van der Waals surface area (Å²) in [5.41, 5.74) is 5.29. The average molecular weight is 193 g/mol. The summed E-state index contributed by atoms with van der Waals surface area (Å²) in [7, 11) is -1.59. The van der Waals surface area contributed by atoms with Crippen LogP contribution < -0.4 is 5.73 Å². The Morgan fingerprint density at radius 3 is 2.73 bits per heavy atom. The number of thiol groups is 1. The summed E-state index contributed by atoms with van der Waals surface area (Å²) in [6.07, 6.45) is 1.55. The Hall–Kier alpha value is -0.130. The Morgan fingerprint density at radius 2 is 2.36 bits per heavy atom. The van der Waals surface area contributed by atoms with E-state index < -0.39 is 22.0 Å². The molecule has 0 amide bonds. The van der Waals surface area contributed by atoms with Crippen molar-refractivity contribution in [3.63, 3.8) is 0 Å². The molecule has 0 aliphatic heterocycles. The number of carbonyl (C=O) groups is 1. The Balaban J connectivity index is 4.13. The van der Waals surface area contributed by atoms with E-state index in [2.05, 4.69) is 12.6 Å². The van der Waals surface area contributed by atoms with Crippen LogP contribution in [0.4, 0.5) is 0 Å². The molecule has 11 heavy (non-hydrogen) atoms. The van der Waals surface area contributed by atoms with E-state index in [0.717, 1.165) is 0 Å². The molecular weight excluding hydrogens is 182 g/mol. The predicted molar refractivity (Wildman–Crippen MR) is 49.8 cm³/mol. The molecule has 0 bridgehead atoms. The van der Waals surface area contributed by atoms with E-state index >= 15 is 0 Å². The van der Waals surface area contributed by atoms with Gasteiger partial charge in [-0.2, -0.15) is 12.6 Å². The number of carbonyl (C=O) groups excluding carboxylic acids is 1. The van der Waals surface area contributed by atoms with Gasteiger partial charge in [-0.05, 0) is 6.92 Å². The van der Waals surface area contributed by atoms with Crippen LogP contribution in [0.3, 0.4) is 0 Å². The number of nitrogens with two attached hydrogens (primary N) is 1. The van der Waals surface area contributed by atoms with Crippen LogP contribution >= 0.6 is 12.6 Å². The van der Waals surface area contributed by atoms with Crippen LogP contribution in [0.15, 0.2) is 11.5 Å². The molecule has 0 radical (unpaired) electrons. The summed E-state index contributed by atoms with van der Waals surface area (Å²) in [6, 6.07) is -0.727. The van der Waals surface area contributed by atoms with Crippen molar-refractivity contribution in [2.45, 2.75) is 13.0 Å². The topological polar surface area (TPSA) is 60.2 Å². The van der Waals surface area contributed by atoms with E-state index in [-0.39, 0.29) is 5.75 Å². The van der Waals surface area contributed by atoms with Crippen molar-refractivity contribution in [2.75, 3.05) is 5.75 Å². The molecule has 0 saturated carbocycles. The lowest BCUT2D eigenvalue weighted by Crippen LogP contribution is -2.34. The Labute approximate surface area is 73.9 Å². The Kier molecular flexibility index (Phi) is 5.45. The van der Waals surface area contributed by atoms with Gasteiger partial charge < -0.3 is 5.73 Å². The molecule has 3 nitrogen and oxygen atoms in total. The summed E-state index contributed by atoms with van der Waals surface area (Å²) < 4.78 is 10.9. The lowest BCUT2D eigenvalue weighted by atomic mass is 10.4. The molecule has 0 aromatic rings. The van der Waals surface area contributed by atoms with Crippen molar-refractivity contribution in [3.8, 4) is 0 Å². The number of allylic oxidation sites excluding steroid dienone is 1. The zero-order valence-electron chi connectivity index (χ0n) is 6.19. The van der Waals surface area contributed by atoms with Crippen LogP contribution in [0.2, 0.25) is 0 Å². The third kappa shape index (κ3) is 3.69. The monoisotopic (exact) mass is 193 g/mol. The second kappa shape index (κ2) is 5.51. The maximum atomic E-state index is 10.9. The van der Waals surface area contributed by atoms with E-state index in [1.165, 1.54) is 5.41 Å². The largest absolute Gasteiger partial charge is 0.320 e. The van der Waals surface area contributed by atoms with E-state index in [9.17, 15) is 9.00 Å². The Bertz CT molecular complexity index is 191. The van der Waals surface area contributed by atoms with Gasteiger partial charge in [-0.15, -0.1) is 0 Å². The quantitative estimate of drug-likeness (QED) is 0.623. The smallest absolute Gasteiger partial charge is 0.240 e. The minimum absolute atomic E-state index is 0.224. The molecule has 0 fully saturated rings. The lowest BCUT2D eigenvalue weighted by molar-refractivity contribution is -0.112. The zero-order valence-corrected chi connectivity index (χ0v) is 7.90. The maximum Gasteiger partial charge on any atom is 0.240 e. The first-order valence-electron chi connectivity index (χ1n) is 3.07. The van der Waals surface area contributed by atoms with Crippen LogP contribution in [-0.2, 0) is 15.6 Å². The SMILES string of the molecule is CC=CS(=O)C(=O)[C@@H](N)CS. The molecule has 0 rings (SSSR count). The van der Waals surface area contributed by atoms with Crippen LogP contribution in [0, 0.1) is 0 Å². The standard InChI is InChI=1S/C6H11NO2S2/c1-2-3-11(9)6(8)5(7)4-10/h2-3,5,10H,4,7H2,1H3/t5-,11?/m0/s1. The van der Waals surface area contributed by atoms with Crippen LogP contribution in [0.25, 0.3) is 0 Å². The average Bonchev–Trinajstić information content (AvgIpc) is 2.02. The molecule has 64 valence electrons. The van der Waals surface area contributed by atoms with Crippen molar-refractivity contribution in [1.29, 1.82) is 0 Å². The number of rotatable bonds is 3. The first-order chi connectivity index (χ1) is 5.13. The van der Waals surface area contributed by atoms with Crippen LogP contribution in [0.1, 0.15) is 6.92 Å². The highest BCUT2D eigenvalue weighted by Gasteiger charge is 2.16. The lowest BCUT2D eigenvalue weighted by Gasteiger charge is -2.02. The van der Waals surface area contributed by atoms with Gasteiger partial charge in [0.1, 0.15) is 10.8 Å². The molecule has 0 spiro atoms. The van der Waals surface area contributed by atoms with E-state index in [4.69, 9.17) is 5.73 Å². The van der Waals surface area contributed by atoms with Crippen molar-refractivity contribution in [2.24, 2.45) is 5.73 Å². The fraction of sp³-hybridized carbons (Fsp3) is 0.500. The van der Waals surface area contributed by atoms with Gasteiger partial charge in [-0.25, -0.2) is 4.21 Å². The molecule has 5 heteroatoms. The van der Waals surface area contributed by atoms with Gasteiger partial charge in [0.15, 0.2) is 0 Å². The second-order valence-electron chi connectivity index (χ2n) is 1.87. The first kappa shape index (κ1) is 10.9. The molecule has 1 unspecified atom stereocenters. The normalized spacial score (nSPS) is 16.6. The fourth-order valence-corrected chi connectivity index (χ4v) is 1.47. The number of hydrogen-bond acceptors (Lipinski definition) is 4. The number of hydrogen-bond donors (Lipinski definition) is 2. The summed E-state index contributed by atoms with van der Waals surface area (Å²) in [5, 5.41) is 0.837. The molecule has 2 atom stereocenters. The van der Waals surface area contributed by atoms with Gasteiger partial charge in [-0.1, -0.05) is 6.08 Å². The molecule has 0 aliphatic rings. The van der Waals surface area contributed by atoms with E-state index in [1.54, 1.807) is 13.0 Å². The molecule has 0 aliphatic carbocycles. The molecule has 0 aromatic heterocycles. The Morgan fingerprint density at radius 1 is 1.82 bits per heavy atom. The summed E-state index contributed by atoms with van der Waals surface area (Å²) in [5.74, 6) is 0.224. The fourth-order valence-electron chi connectivity index (χ4n) is 0.414. The molecule has 2 N–H and O–H groups in total. The second-order valence-corrected chi connectivity index (χ2v) is 3.51. The third-order valence-corrected chi connectivity index (χ3v) is 2.57. The van der Waals surface area contributed by atoms with Crippen molar-refractivity contribution >= 4 is 28.5 Å². The van der Waals surface area contributed by atoms with Gasteiger partial charge in [0.2, 0.25) is 5.12 Å². The summed E-state index contributed by atoms with van der Waals surface area (Å²) in [6.45, 7) is 1.69. The first-order valence-corrected chi connectivity index (χ1v) is 4.91. The minimum atomic E-state index is -1.59. The minimum Gasteiger partial charge on any atom is -0.320 e. The van der Waals surface area contributed by atoms with Crippen molar-refractivity contribution in [1.82, 2.24) is 0 Å². The van der Waals surface area contributed by atoms with E-state index in [1.807, 2.05) is 0 Å². The van der Waals surface area contributed by atoms with Crippen molar-refractivity contribution in [3.05, 3.63) is 11.5 Å². The van der Waals surface area contributed by atoms with Gasteiger partial charge in [-0.3, -0.25) is 4.79 Å². The molecule has 0 aromatic carbocycles. The van der Waals surface area contributed by atoms with Crippen LogP contribution in [-0.4, -0.2) is 21.1 Å². The summed E-state index contributed by atoms with van der Waals surface area (Å²) in [4.78, 5) is 10.9. The van der Waals surface area contributed by atoms with Crippen molar-refractivity contribution < 1.29 is 9.00 Å². The highest BCUT2D eigenvalue weighted by Crippen LogP contribution is 1.94. The maximum absolute atomic E-state index is 10.9. The highest BCUT2D eigenvalue weighted by atomic mass is 32.2. The molecule has 0 heterocycles. The van der Waals surface area contributed by atoms with Gasteiger partial charge in [0.25, 0.3) is 0 Å². The summed E-state index contributed by atoms with van der Waals surface area (Å²) >= 11 is 3.81. The molecule has 0 saturated heterocycles.